The molecule has 0 fully saturated rings. The van der Waals surface area contributed by atoms with Crippen molar-refractivity contribution in [2.75, 3.05) is 0 Å². The lowest BCUT2D eigenvalue weighted by molar-refractivity contribution is -0.121. The molecule has 0 spiro atoms. The van der Waals surface area contributed by atoms with Gasteiger partial charge in [0.15, 0.2) is 0 Å². The Bertz CT molecular complexity index is 730. The molecule has 0 saturated heterocycles. The van der Waals surface area contributed by atoms with E-state index >= 15 is 0 Å². The second-order valence-corrected chi connectivity index (χ2v) is 6.10. The lowest BCUT2D eigenvalue weighted by atomic mass is 10.2. The molecule has 2 heterocycles. The van der Waals surface area contributed by atoms with Gasteiger partial charge in [-0.2, -0.15) is 0 Å². The van der Waals surface area contributed by atoms with E-state index in [-0.39, 0.29) is 11.9 Å². The summed E-state index contributed by atoms with van der Waals surface area (Å²) in [5.74, 6) is 0.0914. The first-order chi connectivity index (χ1) is 10.2. The number of aromatic nitrogens is 1. The average molecular weight is 298 g/mol. The Labute approximate surface area is 128 Å². The number of carbonyl (C=O) groups excluding carboxylic acids is 1. The maximum Gasteiger partial charge on any atom is 0.222 e. The SMILES string of the molecule is CC(NC(=O)CCn1ccc2ccccc21)c1cccs1. The third kappa shape index (κ3) is 3.16. The van der Waals surface area contributed by atoms with Crippen molar-refractivity contribution >= 4 is 28.1 Å². The Hall–Kier alpha value is -2.07. The van der Waals surface area contributed by atoms with E-state index in [1.807, 2.05) is 36.7 Å². The van der Waals surface area contributed by atoms with Crippen LogP contribution in [-0.2, 0) is 11.3 Å². The first kappa shape index (κ1) is 13.9. The molecule has 0 saturated carbocycles. The van der Waals surface area contributed by atoms with Gasteiger partial charge in [-0.15, -0.1) is 11.3 Å². The van der Waals surface area contributed by atoms with Gasteiger partial charge < -0.3 is 9.88 Å². The molecule has 1 aromatic carbocycles. The van der Waals surface area contributed by atoms with Crippen LogP contribution in [0, 0.1) is 0 Å². The van der Waals surface area contributed by atoms with Crippen LogP contribution in [0.2, 0.25) is 0 Å². The molecule has 0 aliphatic heterocycles. The highest BCUT2D eigenvalue weighted by molar-refractivity contribution is 7.10. The normalized spacial score (nSPS) is 12.4. The summed E-state index contributed by atoms with van der Waals surface area (Å²) in [5.41, 5.74) is 1.18. The minimum Gasteiger partial charge on any atom is -0.349 e. The summed E-state index contributed by atoms with van der Waals surface area (Å²) in [7, 11) is 0. The molecular formula is C17H18N2OS. The highest BCUT2D eigenvalue weighted by Crippen LogP contribution is 2.18. The zero-order valence-electron chi connectivity index (χ0n) is 12.0. The largest absolute Gasteiger partial charge is 0.349 e. The fourth-order valence-corrected chi connectivity index (χ4v) is 3.21. The summed E-state index contributed by atoms with van der Waals surface area (Å²) >= 11 is 1.67. The van der Waals surface area contributed by atoms with Crippen molar-refractivity contribution in [1.82, 2.24) is 9.88 Å². The lowest BCUT2D eigenvalue weighted by Gasteiger charge is -2.12. The van der Waals surface area contributed by atoms with Crippen LogP contribution in [-0.4, -0.2) is 10.5 Å². The zero-order chi connectivity index (χ0) is 14.7. The van der Waals surface area contributed by atoms with Gasteiger partial charge in [-0.3, -0.25) is 4.79 Å². The summed E-state index contributed by atoms with van der Waals surface area (Å²) in [5, 5.41) is 6.30. The Kier molecular flexibility index (Phi) is 4.06. The van der Waals surface area contributed by atoms with Crippen molar-refractivity contribution in [3.05, 3.63) is 58.9 Å². The van der Waals surface area contributed by atoms with Crippen LogP contribution in [0.5, 0.6) is 0 Å². The number of hydrogen-bond acceptors (Lipinski definition) is 2. The van der Waals surface area contributed by atoms with Gasteiger partial charge >= 0.3 is 0 Å². The number of fused-ring (bicyclic) bond motifs is 1. The second-order valence-electron chi connectivity index (χ2n) is 5.12. The number of carbonyl (C=O) groups is 1. The highest BCUT2D eigenvalue weighted by atomic mass is 32.1. The summed E-state index contributed by atoms with van der Waals surface area (Å²) < 4.78 is 2.13. The first-order valence-corrected chi connectivity index (χ1v) is 7.98. The van der Waals surface area contributed by atoms with E-state index in [4.69, 9.17) is 0 Å². The molecule has 2 aromatic heterocycles. The van der Waals surface area contributed by atoms with E-state index in [0.717, 1.165) is 0 Å². The molecule has 1 atom stereocenters. The van der Waals surface area contributed by atoms with E-state index in [9.17, 15) is 4.79 Å². The van der Waals surface area contributed by atoms with Gasteiger partial charge in [-0.05, 0) is 35.9 Å². The molecule has 1 amide bonds. The minimum absolute atomic E-state index is 0.0823. The van der Waals surface area contributed by atoms with Crippen LogP contribution in [0.3, 0.4) is 0 Å². The molecule has 108 valence electrons. The van der Waals surface area contributed by atoms with Crippen molar-refractivity contribution in [2.45, 2.75) is 25.9 Å². The fourth-order valence-electron chi connectivity index (χ4n) is 2.48. The summed E-state index contributed by atoms with van der Waals surface area (Å²) in [6, 6.07) is 14.5. The summed E-state index contributed by atoms with van der Waals surface area (Å²) in [6.07, 6.45) is 2.54. The molecule has 3 nitrogen and oxygen atoms in total. The van der Waals surface area contributed by atoms with Crippen LogP contribution >= 0.6 is 11.3 Å². The van der Waals surface area contributed by atoms with Crippen LogP contribution in [0.4, 0.5) is 0 Å². The second kappa shape index (κ2) is 6.14. The van der Waals surface area contributed by atoms with E-state index in [0.29, 0.717) is 13.0 Å². The number of thiophene rings is 1. The molecular weight excluding hydrogens is 280 g/mol. The van der Waals surface area contributed by atoms with E-state index < -0.39 is 0 Å². The van der Waals surface area contributed by atoms with E-state index in [1.54, 1.807) is 11.3 Å². The minimum atomic E-state index is 0.0823. The Balaban J connectivity index is 1.58. The van der Waals surface area contributed by atoms with Crippen LogP contribution in [0.25, 0.3) is 10.9 Å². The molecule has 0 bridgehead atoms. The first-order valence-electron chi connectivity index (χ1n) is 7.10. The maximum atomic E-state index is 12.1. The van der Waals surface area contributed by atoms with Crippen LogP contribution in [0.1, 0.15) is 24.3 Å². The smallest absolute Gasteiger partial charge is 0.222 e. The Morgan fingerprint density at radius 3 is 2.90 bits per heavy atom. The number of rotatable bonds is 5. The fraction of sp³-hybridized carbons (Fsp3) is 0.235. The number of para-hydroxylation sites is 1. The number of nitrogens with one attached hydrogen (secondary N) is 1. The van der Waals surface area contributed by atoms with Crippen LogP contribution in [0.15, 0.2) is 54.0 Å². The van der Waals surface area contributed by atoms with E-state index in [2.05, 4.69) is 34.1 Å². The molecule has 4 heteroatoms. The molecule has 1 unspecified atom stereocenters. The van der Waals surface area contributed by atoms with Crippen molar-refractivity contribution in [1.29, 1.82) is 0 Å². The van der Waals surface area contributed by atoms with E-state index in [1.165, 1.54) is 15.8 Å². The molecule has 21 heavy (non-hydrogen) atoms. The number of nitrogens with zero attached hydrogens (tertiary/aromatic N) is 1. The van der Waals surface area contributed by atoms with Gasteiger partial charge in [0.2, 0.25) is 5.91 Å². The average Bonchev–Trinajstić information content (AvgIpc) is 3.15. The van der Waals surface area contributed by atoms with Gasteiger partial charge in [0.05, 0.1) is 6.04 Å². The molecule has 0 aliphatic carbocycles. The quantitative estimate of drug-likeness (QED) is 0.760. The summed E-state index contributed by atoms with van der Waals surface area (Å²) in [6.45, 7) is 2.73. The third-order valence-electron chi connectivity index (χ3n) is 3.61. The molecule has 0 radical (unpaired) electrons. The van der Waals surface area contributed by atoms with Gasteiger partial charge in [0.1, 0.15) is 0 Å². The van der Waals surface area contributed by atoms with Gasteiger partial charge in [-0.1, -0.05) is 24.3 Å². The monoisotopic (exact) mass is 298 g/mol. The van der Waals surface area contributed by atoms with Crippen molar-refractivity contribution < 1.29 is 4.79 Å². The summed E-state index contributed by atoms with van der Waals surface area (Å²) in [4.78, 5) is 13.2. The van der Waals surface area contributed by atoms with Gasteiger partial charge in [-0.25, -0.2) is 0 Å². The molecule has 3 aromatic rings. The van der Waals surface area contributed by atoms with Crippen LogP contribution < -0.4 is 5.32 Å². The Morgan fingerprint density at radius 2 is 2.10 bits per heavy atom. The van der Waals surface area contributed by atoms with Gasteiger partial charge in [0, 0.05) is 29.6 Å². The lowest BCUT2D eigenvalue weighted by Crippen LogP contribution is -2.26. The highest BCUT2D eigenvalue weighted by Gasteiger charge is 2.10. The van der Waals surface area contributed by atoms with Crippen molar-refractivity contribution in [3.8, 4) is 0 Å². The van der Waals surface area contributed by atoms with Gasteiger partial charge in [0.25, 0.3) is 0 Å². The predicted molar refractivity (Wildman–Crippen MR) is 87.4 cm³/mol. The topological polar surface area (TPSA) is 34.0 Å². The molecule has 0 aliphatic rings. The predicted octanol–water partition coefficient (Wildman–Crippen LogP) is 3.97. The molecule has 3 rings (SSSR count). The Morgan fingerprint density at radius 1 is 1.24 bits per heavy atom. The number of aryl methyl sites for hydroxylation is 1. The maximum absolute atomic E-state index is 12.1. The van der Waals surface area contributed by atoms with Crippen molar-refractivity contribution in [3.63, 3.8) is 0 Å². The van der Waals surface area contributed by atoms with Crippen molar-refractivity contribution in [2.24, 2.45) is 0 Å². The zero-order valence-corrected chi connectivity index (χ0v) is 12.8. The standard InChI is InChI=1S/C17H18N2OS/c1-13(16-7-4-12-21-16)18-17(20)9-11-19-10-8-14-5-2-3-6-15(14)19/h2-8,10,12-13H,9,11H2,1H3,(H,18,20). The number of hydrogen-bond donors (Lipinski definition) is 1. The molecule has 1 N–H and O–H groups in total. The number of benzene rings is 1. The third-order valence-corrected chi connectivity index (χ3v) is 4.66. The number of amides is 1.